The predicted molar refractivity (Wildman–Crippen MR) is 85.7 cm³/mol. The van der Waals surface area contributed by atoms with Crippen LogP contribution >= 0.6 is 0 Å². The fourth-order valence-electron chi connectivity index (χ4n) is 2.83. The zero-order valence-electron chi connectivity index (χ0n) is 13.2. The molecule has 124 valence electrons. The molecular weight excluding hydrogens is 296 g/mol. The number of carboxylic acid groups (broad SMARTS) is 1. The van der Waals surface area contributed by atoms with E-state index in [0.29, 0.717) is 25.1 Å². The summed E-state index contributed by atoms with van der Waals surface area (Å²) in [6, 6.07) is 7.25. The summed E-state index contributed by atoms with van der Waals surface area (Å²) >= 11 is 0. The van der Waals surface area contributed by atoms with Gasteiger partial charge >= 0.3 is 5.97 Å². The minimum Gasteiger partial charge on any atom is -0.481 e. The number of hydrogen-bond acceptors (Lipinski definition) is 3. The third-order valence-corrected chi connectivity index (χ3v) is 4.16. The molecule has 0 spiro atoms. The van der Waals surface area contributed by atoms with E-state index in [4.69, 9.17) is 5.11 Å². The molecule has 1 aliphatic carbocycles. The Morgan fingerprint density at radius 2 is 1.78 bits per heavy atom. The van der Waals surface area contributed by atoms with E-state index in [1.807, 2.05) is 12.1 Å². The number of carbonyl (C=O) groups is 3. The number of aliphatic carboxylic acids is 1. The van der Waals surface area contributed by atoms with Gasteiger partial charge in [-0.25, -0.2) is 0 Å². The van der Waals surface area contributed by atoms with E-state index >= 15 is 0 Å². The van der Waals surface area contributed by atoms with E-state index in [9.17, 15) is 14.4 Å². The summed E-state index contributed by atoms with van der Waals surface area (Å²) in [7, 11) is 0. The molecule has 2 rings (SSSR count). The van der Waals surface area contributed by atoms with Crippen LogP contribution in [0.15, 0.2) is 24.3 Å². The van der Waals surface area contributed by atoms with Crippen LogP contribution in [-0.2, 0) is 20.9 Å². The molecular formula is C17H22N2O4. The lowest BCUT2D eigenvalue weighted by Gasteiger charge is -2.25. The highest BCUT2D eigenvalue weighted by atomic mass is 16.4. The van der Waals surface area contributed by atoms with E-state index < -0.39 is 11.9 Å². The summed E-state index contributed by atoms with van der Waals surface area (Å²) in [5.41, 5.74) is 1.63. The molecule has 0 saturated heterocycles. The van der Waals surface area contributed by atoms with Gasteiger partial charge in [-0.15, -0.1) is 0 Å². The van der Waals surface area contributed by atoms with Gasteiger partial charge in [-0.2, -0.15) is 0 Å². The van der Waals surface area contributed by atoms with Crippen LogP contribution < -0.4 is 10.6 Å². The van der Waals surface area contributed by atoms with E-state index in [0.717, 1.165) is 18.4 Å². The summed E-state index contributed by atoms with van der Waals surface area (Å²) in [6.07, 6.45) is 2.56. The number of carbonyl (C=O) groups excluding carboxylic acids is 2. The predicted octanol–water partition coefficient (Wildman–Crippen LogP) is 2.15. The van der Waals surface area contributed by atoms with Crippen LogP contribution in [-0.4, -0.2) is 22.9 Å². The number of nitrogens with one attached hydrogen (secondary N) is 2. The Balaban J connectivity index is 1.89. The molecule has 2 unspecified atom stereocenters. The van der Waals surface area contributed by atoms with E-state index in [1.54, 1.807) is 12.1 Å². The van der Waals surface area contributed by atoms with Crippen molar-refractivity contribution in [2.45, 2.75) is 39.2 Å². The van der Waals surface area contributed by atoms with E-state index in [1.165, 1.54) is 6.92 Å². The number of amides is 2. The van der Waals surface area contributed by atoms with Gasteiger partial charge in [0.2, 0.25) is 11.8 Å². The summed E-state index contributed by atoms with van der Waals surface area (Å²) in [4.78, 5) is 34.2. The number of carboxylic acids is 1. The normalized spacial score (nSPS) is 20.6. The molecule has 23 heavy (non-hydrogen) atoms. The topological polar surface area (TPSA) is 95.5 Å². The molecule has 1 fully saturated rings. The first-order chi connectivity index (χ1) is 11.0. The quantitative estimate of drug-likeness (QED) is 0.775. The van der Waals surface area contributed by atoms with Crippen LogP contribution in [0.4, 0.5) is 5.69 Å². The zero-order valence-corrected chi connectivity index (χ0v) is 13.2. The number of rotatable bonds is 5. The summed E-state index contributed by atoms with van der Waals surface area (Å²) in [6.45, 7) is 1.91. The van der Waals surface area contributed by atoms with Crippen LogP contribution in [0.25, 0.3) is 0 Å². The van der Waals surface area contributed by atoms with Gasteiger partial charge in [0, 0.05) is 25.1 Å². The van der Waals surface area contributed by atoms with Crippen LogP contribution in [0.1, 0.15) is 38.2 Å². The molecule has 0 bridgehead atoms. The van der Waals surface area contributed by atoms with Gasteiger partial charge in [-0.05, 0) is 37.0 Å². The summed E-state index contributed by atoms with van der Waals surface area (Å²) < 4.78 is 0. The molecule has 2 amide bonds. The van der Waals surface area contributed by atoms with Gasteiger partial charge in [-0.3, -0.25) is 14.4 Å². The lowest BCUT2D eigenvalue weighted by molar-refractivity contribution is -0.143. The van der Waals surface area contributed by atoms with Crippen molar-refractivity contribution in [1.82, 2.24) is 5.32 Å². The number of benzene rings is 1. The smallest absolute Gasteiger partial charge is 0.306 e. The van der Waals surface area contributed by atoms with Crippen molar-refractivity contribution >= 4 is 23.5 Å². The van der Waals surface area contributed by atoms with Gasteiger partial charge in [0.15, 0.2) is 0 Å². The Hall–Kier alpha value is -2.37. The van der Waals surface area contributed by atoms with Gasteiger partial charge in [0.25, 0.3) is 0 Å². The third kappa shape index (κ3) is 5.09. The average molecular weight is 318 g/mol. The number of anilines is 1. The van der Waals surface area contributed by atoms with Gasteiger partial charge in [0.05, 0.1) is 5.92 Å². The largest absolute Gasteiger partial charge is 0.481 e. The fourth-order valence-corrected chi connectivity index (χ4v) is 2.83. The molecule has 0 heterocycles. The lowest BCUT2D eigenvalue weighted by Crippen LogP contribution is -2.30. The Kier molecular flexibility index (Phi) is 5.73. The van der Waals surface area contributed by atoms with E-state index in [2.05, 4.69) is 10.6 Å². The Bertz CT molecular complexity index is 583. The van der Waals surface area contributed by atoms with Crippen LogP contribution in [0, 0.1) is 11.8 Å². The van der Waals surface area contributed by atoms with Gasteiger partial charge < -0.3 is 15.7 Å². The Labute approximate surface area is 135 Å². The molecule has 1 aromatic carbocycles. The van der Waals surface area contributed by atoms with Crippen LogP contribution in [0.2, 0.25) is 0 Å². The van der Waals surface area contributed by atoms with Crippen LogP contribution in [0.3, 0.4) is 0 Å². The molecule has 2 atom stereocenters. The first kappa shape index (κ1) is 17.0. The Morgan fingerprint density at radius 1 is 1.13 bits per heavy atom. The van der Waals surface area contributed by atoms with Gasteiger partial charge in [0.1, 0.15) is 0 Å². The highest BCUT2D eigenvalue weighted by Gasteiger charge is 2.30. The minimum absolute atomic E-state index is 0.0901. The maximum absolute atomic E-state index is 12.3. The maximum atomic E-state index is 12.3. The van der Waals surface area contributed by atoms with Gasteiger partial charge in [-0.1, -0.05) is 18.6 Å². The standard InChI is InChI=1S/C17H22N2O4/c1-11(20)18-10-12-5-7-15(8-6-12)19-16(21)13-3-2-4-14(9-13)17(22)23/h5-8,13-14H,2-4,9-10H2,1H3,(H,18,20)(H,19,21)(H,22,23). The Morgan fingerprint density at radius 3 is 2.39 bits per heavy atom. The maximum Gasteiger partial charge on any atom is 0.306 e. The molecule has 6 heteroatoms. The van der Waals surface area contributed by atoms with Crippen molar-refractivity contribution < 1.29 is 19.5 Å². The van der Waals surface area contributed by atoms with Crippen molar-refractivity contribution in [1.29, 1.82) is 0 Å². The second-order valence-corrected chi connectivity index (χ2v) is 5.99. The molecule has 3 N–H and O–H groups in total. The van der Waals surface area contributed by atoms with Crippen LogP contribution in [0.5, 0.6) is 0 Å². The fraction of sp³-hybridized carbons (Fsp3) is 0.471. The highest BCUT2D eigenvalue weighted by Crippen LogP contribution is 2.30. The second kappa shape index (κ2) is 7.76. The molecule has 1 saturated carbocycles. The summed E-state index contributed by atoms with van der Waals surface area (Å²) in [5.74, 6) is -1.69. The zero-order chi connectivity index (χ0) is 16.8. The van der Waals surface area contributed by atoms with Crippen molar-refractivity contribution in [2.75, 3.05) is 5.32 Å². The first-order valence-electron chi connectivity index (χ1n) is 7.82. The first-order valence-corrected chi connectivity index (χ1v) is 7.82. The average Bonchev–Trinajstić information content (AvgIpc) is 2.54. The SMILES string of the molecule is CC(=O)NCc1ccc(NC(=O)C2CCCC(C(=O)O)C2)cc1. The van der Waals surface area contributed by atoms with Crippen molar-refractivity contribution in [3.8, 4) is 0 Å². The molecule has 0 aliphatic heterocycles. The molecule has 1 aromatic rings. The molecule has 1 aliphatic rings. The highest BCUT2D eigenvalue weighted by molar-refractivity contribution is 5.93. The molecule has 0 radical (unpaired) electrons. The third-order valence-electron chi connectivity index (χ3n) is 4.16. The lowest BCUT2D eigenvalue weighted by atomic mass is 9.81. The van der Waals surface area contributed by atoms with Crippen molar-refractivity contribution in [2.24, 2.45) is 11.8 Å². The minimum atomic E-state index is -0.815. The monoisotopic (exact) mass is 318 g/mol. The summed E-state index contributed by atoms with van der Waals surface area (Å²) in [5, 5.41) is 14.6. The number of hydrogen-bond donors (Lipinski definition) is 3. The molecule has 0 aromatic heterocycles. The van der Waals surface area contributed by atoms with Crippen molar-refractivity contribution in [3.63, 3.8) is 0 Å². The molecule has 6 nitrogen and oxygen atoms in total. The van der Waals surface area contributed by atoms with E-state index in [-0.39, 0.29) is 17.7 Å². The second-order valence-electron chi connectivity index (χ2n) is 5.99. The van der Waals surface area contributed by atoms with Crippen molar-refractivity contribution in [3.05, 3.63) is 29.8 Å².